The van der Waals surface area contributed by atoms with Crippen LogP contribution in [0.1, 0.15) is 22.5 Å². The summed E-state index contributed by atoms with van der Waals surface area (Å²) in [4.78, 5) is 39.1. The van der Waals surface area contributed by atoms with E-state index in [1.165, 1.54) is 6.08 Å². The van der Waals surface area contributed by atoms with Crippen molar-refractivity contribution in [3.8, 4) is 5.69 Å². The first-order valence-electron chi connectivity index (χ1n) is 9.80. The molecule has 0 radical (unpaired) electrons. The highest BCUT2D eigenvalue weighted by Crippen LogP contribution is 2.29. The van der Waals surface area contributed by atoms with Gasteiger partial charge in [-0.15, -0.1) is 0 Å². The number of amides is 4. The Bertz CT molecular complexity index is 1320. The largest absolute Gasteiger partial charge is 0.335 e. The summed E-state index contributed by atoms with van der Waals surface area (Å²) in [5.74, 6) is -1.41. The van der Waals surface area contributed by atoms with E-state index in [9.17, 15) is 14.4 Å². The number of imide groups is 2. The molecule has 1 saturated heterocycles. The first-order valence-corrected chi connectivity index (χ1v) is 10.6. The lowest BCUT2D eigenvalue weighted by molar-refractivity contribution is -0.122. The fraction of sp³-hybridized carbons (Fsp3) is 0.125. The minimum absolute atomic E-state index is 0.125. The molecule has 1 aromatic heterocycles. The summed E-state index contributed by atoms with van der Waals surface area (Å²) in [7, 11) is 0. The van der Waals surface area contributed by atoms with Crippen molar-refractivity contribution in [2.75, 3.05) is 4.90 Å². The topological polar surface area (TPSA) is 71.4 Å². The van der Waals surface area contributed by atoms with Crippen LogP contribution in [0.15, 0.2) is 54.1 Å². The molecule has 1 aliphatic rings. The van der Waals surface area contributed by atoms with Gasteiger partial charge in [-0.1, -0.05) is 35.3 Å². The maximum Gasteiger partial charge on any atom is 0.335 e. The predicted molar refractivity (Wildman–Crippen MR) is 125 cm³/mol. The van der Waals surface area contributed by atoms with Crippen molar-refractivity contribution in [3.05, 3.63) is 86.7 Å². The van der Waals surface area contributed by atoms with Crippen LogP contribution in [-0.4, -0.2) is 22.4 Å². The van der Waals surface area contributed by atoms with Gasteiger partial charge in [-0.3, -0.25) is 14.9 Å². The van der Waals surface area contributed by atoms with Gasteiger partial charge in [-0.2, -0.15) is 0 Å². The van der Waals surface area contributed by atoms with E-state index in [1.807, 2.05) is 43.5 Å². The van der Waals surface area contributed by atoms with Crippen molar-refractivity contribution in [3.63, 3.8) is 0 Å². The van der Waals surface area contributed by atoms with E-state index in [0.717, 1.165) is 27.5 Å². The smallest absolute Gasteiger partial charge is 0.318 e. The summed E-state index contributed by atoms with van der Waals surface area (Å²) >= 11 is 12.2. The summed E-state index contributed by atoms with van der Waals surface area (Å²) in [5.41, 5.74) is 4.31. The lowest BCUT2D eigenvalue weighted by atomic mass is 10.1. The van der Waals surface area contributed by atoms with Crippen LogP contribution in [0.25, 0.3) is 11.8 Å². The molecule has 2 aromatic carbocycles. The molecule has 1 fully saturated rings. The van der Waals surface area contributed by atoms with E-state index in [1.54, 1.807) is 30.3 Å². The van der Waals surface area contributed by atoms with Crippen molar-refractivity contribution >= 4 is 52.8 Å². The maximum absolute atomic E-state index is 13.2. The van der Waals surface area contributed by atoms with Crippen molar-refractivity contribution in [1.82, 2.24) is 9.88 Å². The molecule has 0 atom stereocenters. The number of anilines is 1. The Morgan fingerprint density at radius 2 is 1.62 bits per heavy atom. The number of barbiturate groups is 1. The van der Waals surface area contributed by atoms with E-state index in [-0.39, 0.29) is 5.57 Å². The third-order valence-electron chi connectivity index (χ3n) is 5.29. The number of carbonyl (C=O) groups is 3. The average Bonchev–Trinajstić information content (AvgIpc) is 3.00. The molecular weight excluding hydrogens is 449 g/mol. The molecule has 0 bridgehead atoms. The van der Waals surface area contributed by atoms with Crippen LogP contribution in [0.4, 0.5) is 10.5 Å². The second kappa shape index (κ2) is 8.30. The number of carbonyl (C=O) groups excluding carboxylic acids is 3. The summed E-state index contributed by atoms with van der Waals surface area (Å²) in [6, 6.07) is 13.3. The third-order valence-corrected chi connectivity index (χ3v) is 6.03. The Labute approximate surface area is 195 Å². The molecule has 1 N–H and O–H groups in total. The van der Waals surface area contributed by atoms with Crippen molar-refractivity contribution < 1.29 is 14.4 Å². The first kappa shape index (κ1) is 21.9. The lowest BCUT2D eigenvalue weighted by Gasteiger charge is -2.26. The molecule has 8 heteroatoms. The number of nitrogens with one attached hydrogen (secondary N) is 1. The van der Waals surface area contributed by atoms with Crippen molar-refractivity contribution in [1.29, 1.82) is 0 Å². The predicted octanol–water partition coefficient (Wildman–Crippen LogP) is 5.38. The van der Waals surface area contributed by atoms with Crippen LogP contribution < -0.4 is 10.2 Å². The lowest BCUT2D eigenvalue weighted by Crippen LogP contribution is -2.54. The molecule has 3 aromatic rings. The summed E-state index contributed by atoms with van der Waals surface area (Å²) in [6.45, 7) is 5.63. The fourth-order valence-electron chi connectivity index (χ4n) is 3.77. The number of nitrogens with zero attached hydrogens (tertiary/aromatic N) is 2. The van der Waals surface area contributed by atoms with Crippen LogP contribution in [0.3, 0.4) is 0 Å². The quantitative estimate of drug-likeness (QED) is 0.415. The molecule has 2 heterocycles. The zero-order chi connectivity index (χ0) is 23.2. The van der Waals surface area contributed by atoms with Gasteiger partial charge in [-0.05, 0) is 74.4 Å². The Balaban J connectivity index is 1.77. The standard InChI is InChI=1S/C24H19Cl2N3O3/c1-13-5-4-6-17(9-13)29-23(31)19(22(30)27-24(29)32)11-16-10-14(2)28(15(16)3)18-7-8-20(25)21(26)12-18/h4-12H,1-3H3,(H,27,30,32)/b19-11+. The minimum atomic E-state index is -0.774. The Kier molecular flexibility index (Phi) is 5.67. The highest BCUT2D eigenvalue weighted by atomic mass is 35.5. The number of urea groups is 1. The van der Waals surface area contributed by atoms with E-state index in [2.05, 4.69) is 5.32 Å². The number of hydrogen-bond donors (Lipinski definition) is 1. The van der Waals surface area contributed by atoms with Crippen LogP contribution in [0.5, 0.6) is 0 Å². The number of rotatable bonds is 3. The average molecular weight is 468 g/mol. The number of hydrogen-bond acceptors (Lipinski definition) is 3. The number of benzene rings is 2. The second-order valence-electron chi connectivity index (χ2n) is 7.56. The van der Waals surface area contributed by atoms with Gasteiger partial charge >= 0.3 is 6.03 Å². The SMILES string of the molecule is Cc1cccc(N2C(=O)NC(=O)/C(=C\c3cc(C)n(-c4ccc(Cl)c(Cl)c4)c3C)C2=O)c1. The highest BCUT2D eigenvalue weighted by molar-refractivity contribution is 6.42. The van der Waals surface area contributed by atoms with Crippen LogP contribution in [-0.2, 0) is 9.59 Å². The van der Waals surface area contributed by atoms with Gasteiger partial charge < -0.3 is 4.57 Å². The van der Waals surface area contributed by atoms with Gasteiger partial charge in [0, 0.05) is 17.1 Å². The summed E-state index contributed by atoms with van der Waals surface area (Å²) < 4.78 is 1.95. The number of halogens is 2. The van der Waals surface area contributed by atoms with E-state index < -0.39 is 17.8 Å². The van der Waals surface area contributed by atoms with Crippen LogP contribution in [0, 0.1) is 20.8 Å². The Hall–Kier alpha value is -3.35. The highest BCUT2D eigenvalue weighted by Gasteiger charge is 2.37. The van der Waals surface area contributed by atoms with Gasteiger partial charge in [0.1, 0.15) is 5.57 Å². The molecule has 162 valence electrons. The number of aryl methyl sites for hydroxylation is 2. The number of aromatic nitrogens is 1. The molecule has 0 spiro atoms. The van der Waals surface area contributed by atoms with Gasteiger partial charge in [-0.25, -0.2) is 9.69 Å². The monoisotopic (exact) mass is 467 g/mol. The van der Waals surface area contributed by atoms with Crippen LogP contribution >= 0.6 is 23.2 Å². The summed E-state index contributed by atoms with van der Waals surface area (Å²) in [5, 5.41) is 3.13. The van der Waals surface area contributed by atoms with Gasteiger partial charge in [0.2, 0.25) is 0 Å². The molecule has 0 aliphatic carbocycles. The normalized spacial score (nSPS) is 15.5. The van der Waals surface area contributed by atoms with E-state index in [4.69, 9.17) is 23.2 Å². The molecule has 4 amide bonds. The van der Waals surface area contributed by atoms with E-state index >= 15 is 0 Å². The van der Waals surface area contributed by atoms with Gasteiger partial charge in [0.05, 0.1) is 15.7 Å². The molecule has 6 nitrogen and oxygen atoms in total. The zero-order valence-electron chi connectivity index (χ0n) is 17.6. The Morgan fingerprint density at radius 1 is 0.875 bits per heavy atom. The second-order valence-corrected chi connectivity index (χ2v) is 8.37. The zero-order valence-corrected chi connectivity index (χ0v) is 19.1. The molecule has 1 aliphatic heterocycles. The minimum Gasteiger partial charge on any atom is -0.318 e. The third kappa shape index (κ3) is 3.83. The van der Waals surface area contributed by atoms with Crippen molar-refractivity contribution in [2.45, 2.75) is 20.8 Å². The van der Waals surface area contributed by atoms with Gasteiger partial charge in [0.15, 0.2) is 0 Å². The molecule has 0 saturated carbocycles. The summed E-state index contributed by atoms with van der Waals surface area (Å²) in [6.07, 6.45) is 1.50. The van der Waals surface area contributed by atoms with E-state index in [0.29, 0.717) is 21.3 Å². The fourth-order valence-corrected chi connectivity index (χ4v) is 4.06. The van der Waals surface area contributed by atoms with Gasteiger partial charge in [0.25, 0.3) is 11.8 Å². The van der Waals surface area contributed by atoms with Crippen LogP contribution in [0.2, 0.25) is 10.0 Å². The van der Waals surface area contributed by atoms with Crippen molar-refractivity contribution in [2.24, 2.45) is 0 Å². The molecule has 4 rings (SSSR count). The first-order chi connectivity index (χ1) is 15.2. The molecular formula is C24H19Cl2N3O3. The molecule has 0 unspecified atom stereocenters. The molecule has 32 heavy (non-hydrogen) atoms. The Morgan fingerprint density at radius 3 is 2.31 bits per heavy atom. The maximum atomic E-state index is 13.2.